The summed E-state index contributed by atoms with van der Waals surface area (Å²) in [7, 11) is 1.96. The standard InChI is InChI=1S/C14H20N2O/c1-11(2)14(17)13(15)10-16(3)9-12-7-5-4-6-8-12/h4-8,13H,1,9-10,15H2,2-3H3. The minimum atomic E-state index is -0.485. The smallest absolute Gasteiger partial charge is 0.175 e. The summed E-state index contributed by atoms with van der Waals surface area (Å²) >= 11 is 0. The molecule has 1 rings (SSSR count). The van der Waals surface area contributed by atoms with Gasteiger partial charge in [-0.15, -0.1) is 0 Å². The highest BCUT2D eigenvalue weighted by Gasteiger charge is 2.15. The quantitative estimate of drug-likeness (QED) is 0.758. The van der Waals surface area contributed by atoms with E-state index in [9.17, 15) is 4.79 Å². The van der Waals surface area contributed by atoms with E-state index in [1.54, 1.807) is 6.92 Å². The highest BCUT2D eigenvalue weighted by Crippen LogP contribution is 2.04. The van der Waals surface area contributed by atoms with Crippen molar-refractivity contribution in [1.29, 1.82) is 0 Å². The van der Waals surface area contributed by atoms with Crippen LogP contribution >= 0.6 is 0 Å². The van der Waals surface area contributed by atoms with Crippen molar-refractivity contribution in [2.75, 3.05) is 13.6 Å². The van der Waals surface area contributed by atoms with Gasteiger partial charge < -0.3 is 10.6 Å². The molecule has 1 aromatic rings. The van der Waals surface area contributed by atoms with E-state index in [2.05, 4.69) is 18.7 Å². The molecule has 0 saturated heterocycles. The van der Waals surface area contributed by atoms with Crippen molar-refractivity contribution in [3.05, 3.63) is 48.0 Å². The fourth-order valence-corrected chi connectivity index (χ4v) is 1.69. The van der Waals surface area contributed by atoms with Gasteiger partial charge in [0.1, 0.15) is 0 Å². The molecule has 0 spiro atoms. The Balaban J connectivity index is 2.47. The van der Waals surface area contributed by atoms with Gasteiger partial charge in [-0.25, -0.2) is 0 Å². The molecule has 0 amide bonds. The largest absolute Gasteiger partial charge is 0.320 e. The van der Waals surface area contributed by atoms with Crippen molar-refractivity contribution in [3.63, 3.8) is 0 Å². The lowest BCUT2D eigenvalue weighted by Crippen LogP contribution is -2.41. The van der Waals surface area contributed by atoms with Gasteiger partial charge in [-0.05, 0) is 25.1 Å². The molecule has 1 unspecified atom stereocenters. The molecule has 0 aliphatic heterocycles. The van der Waals surface area contributed by atoms with Crippen molar-refractivity contribution >= 4 is 5.78 Å². The Kier molecular flexibility index (Phi) is 5.07. The molecule has 0 radical (unpaired) electrons. The number of hydrogen-bond donors (Lipinski definition) is 1. The first kappa shape index (κ1) is 13.6. The van der Waals surface area contributed by atoms with Crippen LogP contribution in [0.1, 0.15) is 12.5 Å². The average molecular weight is 232 g/mol. The number of nitrogens with two attached hydrogens (primary N) is 1. The molecule has 1 atom stereocenters. The number of benzene rings is 1. The van der Waals surface area contributed by atoms with Crippen LogP contribution in [0.2, 0.25) is 0 Å². The molecule has 0 aromatic heterocycles. The molecule has 17 heavy (non-hydrogen) atoms. The number of carbonyl (C=O) groups excluding carboxylic acids is 1. The van der Waals surface area contributed by atoms with E-state index in [1.165, 1.54) is 5.56 Å². The number of likely N-dealkylation sites (N-methyl/N-ethyl adjacent to an activating group) is 1. The van der Waals surface area contributed by atoms with Gasteiger partial charge in [0.15, 0.2) is 5.78 Å². The second-order valence-corrected chi connectivity index (χ2v) is 4.43. The number of nitrogens with zero attached hydrogens (tertiary/aromatic N) is 1. The summed E-state index contributed by atoms with van der Waals surface area (Å²) in [5.74, 6) is -0.0649. The Morgan fingerprint density at radius 3 is 2.53 bits per heavy atom. The van der Waals surface area contributed by atoms with Crippen LogP contribution in [0.3, 0.4) is 0 Å². The average Bonchev–Trinajstić information content (AvgIpc) is 2.28. The Hall–Kier alpha value is -1.45. The first-order valence-electron chi connectivity index (χ1n) is 5.68. The zero-order valence-electron chi connectivity index (χ0n) is 10.5. The van der Waals surface area contributed by atoms with Crippen LogP contribution in [0.15, 0.2) is 42.5 Å². The maximum absolute atomic E-state index is 11.6. The molecule has 92 valence electrons. The second-order valence-electron chi connectivity index (χ2n) is 4.43. The lowest BCUT2D eigenvalue weighted by atomic mass is 10.1. The lowest BCUT2D eigenvalue weighted by Gasteiger charge is -2.20. The summed E-state index contributed by atoms with van der Waals surface area (Å²) in [6.07, 6.45) is 0. The van der Waals surface area contributed by atoms with Gasteiger partial charge in [-0.2, -0.15) is 0 Å². The van der Waals surface area contributed by atoms with Gasteiger partial charge >= 0.3 is 0 Å². The SMILES string of the molecule is C=C(C)C(=O)C(N)CN(C)Cc1ccccc1. The summed E-state index contributed by atoms with van der Waals surface area (Å²) in [4.78, 5) is 13.6. The molecular formula is C14H20N2O. The van der Waals surface area contributed by atoms with Gasteiger partial charge in [0, 0.05) is 13.1 Å². The number of rotatable bonds is 6. The number of hydrogen-bond acceptors (Lipinski definition) is 3. The molecule has 0 aliphatic carbocycles. The van der Waals surface area contributed by atoms with Crippen LogP contribution in [-0.4, -0.2) is 30.3 Å². The number of carbonyl (C=O) groups is 1. The first-order chi connectivity index (χ1) is 8.00. The monoisotopic (exact) mass is 232 g/mol. The maximum atomic E-state index is 11.6. The molecule has 2 N–H and O–H groups in total. The molecule has 0 heterocycles. The first-order valence-corrected chi connectivity index (χ1v) is 5.68. The van der Waals surface area contributed by atoms with Crippen molar-refractivity contribution in [1.82, 2.24) is 4.90 Å². The van der Waals surface area contributed by atoms with Crippen molar-refractivity contribution in [2.45, 2.75) is 19.5 Å². The fourth-order valence-electron chi connectivity index (χ4n) is 1.69. The van der Waals surface area contributed by atoms with Crippen LogP contribution in [0.4, 0.5) is 0 Å². The van der Waals surface area contributed by atoms with Gasteiger partial charge in [-0.3, -0.25) is 4.79 Å². The van der Waals surface area contributed by atoms with E-state index >= 15 is 0 Å². The Labute approximate surface area is 103 Å². The van der Waals surface area contributed by atoms with E-state index < -0.39 is 6.04 Å². The van der Waals surface area contributed by atoms with Gasteiger partial charge in [0.2, 0.25) is 0 Å². The highest BCUT2D eigenvalue weighted by molar-refractivity contribution is 5.98. The van der Waals surface area contributed by atoms with E-state index in [4.69, 9.17) is 5.73 Å². The topological polar surface area (TPSA) is 46.3 Å². The summed E-state index contributed by atoms with van der Waals surface area (Å²) in [6.45, 7) is 6.65. The second kappa shape index (κ2) is 6.33. The number of ketones is 1. The van der Waals surface area contributed by atoms with Gasteiger partial charge in [0.25, 0.3) is 0 Å². The van der Waals surface area contributed by atoms with Crippen LogP contribution in [0.25, 0.3) is 0 Å². The molecule has 3 nitrogen and oxygen atoms in total. The van der Waals surface area contributed by atoms with Crippen molar-refractivity contribution < 1.29 is 4.79 Å². The minimum absolute atomic E-state index is 0.0649. The van der Waals surface area contributed by atoms with Crippen molar-refractivity contribution in [2.24, 2.45) is 5.73 Å². The minimum Gasteiger partial charge on any atom is -0.320 e. The summed E-state index contributed by atoms with van der Waals surface area (Å²) in [6, 6.07) is 9.62. The number of Topliss-reactive ketones (excluding diaryl/α,β-unsaturated/α-hetero) is 1. The van der Waals surface area contributed by atoms with Crippen molar-refractivity contribution in [3.8, 4) is 0 Å². The van der Waals surface area contributed by atoms with Crippen LogP contribution in [-0.2, 0) is 11.3 Å². The Bertz CT molecular complexity index is 386. The fraction of sp³-hybridized carbons (Fsp3) is 0.357. The third-order valence-corrected chi connectivity index (χ3v) is 2.56. The predicted octanol–water partition coefficient (Wildman–Crippen LogP) is 1.59. The zero-order valence-corrected chi connectivity index (χ0v) is 10.5. The summed E-state index contributed by atoms with van der Waals surface area (Å²) in [5, 5.41) is 0. The van der Waals surface area contributed by atoms with E-state index in [-0.39, 0.29) is 5.78 Å². The molecule has 0 aliphatic rings. The molecule has 0 fully saturated rings. The third-order valence-electron chi connectivity index (χ3n) is 2.56. The molecule has 1 aromatic carbocycles. The third kappa shape index (κ3) is 4.51. The van der Waals surface area contributed by atoms with Gasteiger partial charge in [0.05, 0.1) is 6.04 Å². The molecule has 0 saturated carbocycles. The molecular weight excluding hydrogens is 212 g/mol. The normalized spacial score (nSPS) is 12.5. The van der Waals surface area contributed by atoms with E-state index in [0.717, 1.165) is 6.54 Å². The maximum Gasteiger partial charge on any atom is 0.175 e. The summed E-state index contributed by atoms with van der Waals surface area (Å²) in [5.41, 5.74) is 7.55. The van der Waals surface area contributed by atoms with Gasteiger partial charge in [-0.1, -0.05) is 36.9 Å². The van der Waals surface area contributed by atoms with E-state index in [0.29, 0.717) is 12.1 Å². The Morgan fingerprint density at radius 1 is 1.41 bits per heavy atom. The molecule has 3 heteroatoms. The predicted molar refractivity (Wildman–Crippen MR) is 70.6 cm³/mol. The van der Waals surface area contributed by atoms with Crippen LogP contribution < -0.4 is 5.73 Å². The van der Waals surface area contributed by atoms with Crippen LogP contribution in [0, 0.1) is 0 Å². The molecule has 0 bridgehead atoms. The lowest BCUT2D eigenvalue weighted by molar-refractivity contribution is -0.117. The summed E-state index contributed by atoms with van der Waals surface area (Å²) < 4.78 is 0. The zero-order chi connectivity index (χ0) is 12.8. The van der Waals surface area contributed by atoms with Crippen LogP contribution in [0.5, 0.6) is 0 Å². The Morgan fingerprint density at radius 2 is 2.00 bits per heavy atom. The van der Waals surface area contributed by atoms with E-state index in [1.807, 2.05) is 30.1 Å². The highest BCUT2D eigenvalue weighted by atomic mass is 16.1.